The molecule has 0 saturated heterocycles. The van der Waals surface area contributed by atoms with Gasteiger partial charge in [-0.1, -0.05) is 45.6 Å². The van der Waals surface area contributed by atoms with Gasteiger partial charge in [-0.05, 0) is 86.0 Å². The summed E-state index contributed by atoms with van der Waals surface area (Å²) < 4.78 is 174. The molecule has 17 heteroatoms. The second-order valence-corrected chi connectivity index (χ2v) is 13.5. The minimum Gasteiger partial charge on any atom is -0.490 e. The maximum atomic E-state index is 14.0. The van der Waals surface area contributed by atoms with E-state index in [0.29, 0.717) is 4.48 Å². The lowest BCUT2D eigenvalue weighted by Gasteiger charge is -2.40. The molecule has 0 unspecified atom stereocenters. The molecule has 0 radical (unpaired) electrons. The van der Waals surface area contributed by atoms with E-state index in [1.54, 1.807) is 0 Å². The summed E-state index contributed by atoms with van der Waals surface area (Å²) in [7, 11) is -1.81. The standard InChI is InChI=1S/C34H40BF9NO3.C7H4F3/c1-4-7-20-45(21-8-5-2,22-9-6-3)24-25-23-28(34(42,43)44)14-19-31(25)48-35(46-29-15-10-26(11-16-29)32(36,37)38)47-30-17-12-27(13-18-30)33(39,40)41;8-7(9,10)6-4-2-1-3-5-6/h10-19,23H,4-9,20-22,24H2,1-3H3;2-5H/q+1;-1. The van der Waals surface area contributed by atoms with Crippen molar-refractivity contribution in [2.75, 3.05) is 19.6 Å². The van der Waals surface area contributed by atoms with Gasteiger partial charge in [0.05, 0.1) is 36.3 Å². The van der Waals surface area contributed by atoms with Crippen LogP contribution in [0, 0.1) is 6.07 Å². The van der Waals surface area contributed by atoms with E-state index < -0.39 is 54.3 Å². The monoisotopic (exact) mass is 837 g/mol. The SMILES string of the molecule is CCCC[N+](CCCC)(CCCC)Cc1cc(C(F)(F)F)ccc1OB(Oc1ccc(C(F)(F)F)cc1)Oc1ccc(C(F)(F)F)cc1.FC(F)(F)c1cc[c-]cc1. The minimum absolute atomic E-state index is 0.0289. The zero-order valence-electron chi connectivity index (χ0n) is 32.0. The third kappa shape index (κ3) is 15.3. The quantitative estimate of drug-likeness (QED) is 0.0459. The molecule has 0 N–H and O–H groups in total. The molecule has 4 aromatic rings. The Morgan fingerprint density at radius 1 is 0.483 bits per heavy atom. The van der Waals surface area contributed by atoms with Crippen LogP contribution in [0.2, 0.25) is 0 Å². The van der Waals surface area contributed by atoms with Gasteiger partial charge in [0, 0.05) is 5.56 Å². The topological polar surface area (TPSA) is 27.7 Å². The average molecular weight is 838 g/mol. The van der Waals surface area contributed by atoms with Crippen LogP contribution in [0.3, 0.4) is 0 Å². The summed E-state index contributed by atoms with van der Waals surface area (Å²) in [6, 6.07) is 17.0. The van der Waals surface area contributed by atoms with Gasteiger partial charge in [-0.15, -0.1) is 0 Å². The molecule has 0 amide bonds. The van der Waals surface area contributed by atoms with Crippen molar-refractivity contribution < 1.29 is 71.1 Å². The number of nitrogens with zero attached hydrogens (tertiary/aromatic N) is 1. The molecule has 4 nitrogen and oxygen atoms in total. The molecular formula is C41H44BF12NO3. The molecule has 0 spiro atoms. The molecule has 4 rings (SSSR count). The summed E-state index contributed by atoms with van der Waals surface area (Å²) in [5, 5.41) is 0. The number of rotatable bonds is 17. The van der Waals surface area contributed by atoms with E-state index in [4.69, 9.17) is 14.0 Å². The first-order valence-corrected chi connectivity index (χ1v) is 18.5. The van der Waals surface area contributed by atoms with E-state index in [1.807, 2.05) is 20.8 Å². The van der Waals surface area contributed by atoms with E-state index in [0.717, 1.165) is 137 Å². The summed E-state index contributed by atoms with van der Waals surface area (Å²) in [4.78, 5) is 0. The fourth-order valence-electron chi connectivity index (χ4n) is 5.83. The van der Waals surface area contributed by atoms with Crippen LogP contribution >= 0.6 is 0 Å². The van der Waals surface area contributed by atoms with Crippen molar-refractivity contribution in [1.29, 1.82) is 0 Å². The van der Waals surface area contributed by atoms with Crippen molar-refractivity contribution >= 4 is 7.32 Å². The van der Waals surface area contributed by atoms with Crippen LogP contribution < -0.4 is 14.0 Å². The van der Waals surface area contributed by atoms with Gasteiger partial charge < -0.3 is 18.4 Å². The molecule has 58 heavy (non-hydrogen) atoms. The molecule has 0 aliphatic carbocycles. The lowest BCUT2D eigenvalue weighted by Crippen LogP contribution is -2.49. The largest absolute Gasteiger partial charge is 0.864 e. The van der Waals surface area contributed by atoms with Crippen LogP contribution in [-0.4, -0.2) is 31.4 Å². The first-order chi connectivity index (χ1) is 27.1. The predicted molar refractivity (Wildman–Crippen MR) is 196 cm³/mol. The summed E-state index contributed by atoms with van der Waals surface area (Å²) in [5.74, 6) is -0.321. The van der Waals surface area contributed by atoms with Crippen LogP contribution in [0.1, 0.15) is 87.1 Å². The molecule has 0 atom stereocenters. The smallest absolute Gasteiger partial charge is 0.490 e. The van der Waals surface area contributed by atoms with Crippen molar-refractivity contribution in [3.8, 4) is 17.2 Å². The Labute approximate surface area is 330 Å². The molecule has 0 aliphatic rings. The van der Waals surface area contributed by atoms with E-state index in [1.165, 1.54) is 12.1 Å². The summed E-state index contributed by atoms with van der Waals surface area (Å²) in [5.41, 5.74) is -3.23. The minimum atomic E-state index is -4.66. The van der Waals surface area contributed by atoms with E-state index >= 15 is 0 Å². The van der Waals surface area contributed by atoms with Crippen molar-refractivity contribution in [1.82, 2.24) is 0 Å². The summed E-state index contributed by atoms with van der Waals surface area (Å²) in [6.45, 7) is 8.46. The Kier molecular flexibility index (Phi) is 17.3. The highest BCUT2D eigenvalue weighted by atomic mass is 19.4. The summed E-state index contributed by atoms with van der Waals surface area (Å²) >= 11 is 0. The van der Waals surface area contributed by atoms with Gasteiger partial charge in [0.15, 0.2) is 0 Å². The number of quaternary nitrogens is 1. The highest BCUT2D eigenvalue weighted by Gasteiger charge is 2.38. The Morgan fingerprint density at radius 3 is 1.19 bits per heavy atom. The second kappa shape index (κ2) is 20.9. The van der Waals surface area contributed by atoms with E-state index in [9.17, 15) is 52.7 Å². The van der Waals surface area contributed by atoms with Gasteiger partial charge in [0.1, 0.15) is 23.8 Å². The van der Waals surface area contributed by atoms with Gasteiger partial charge >= 0.3 is 32.0 Å². The highest BCUT2D eigenvalue weighted by molar-refractivity contribution is 6.39. The molecule has 0 saturated carbocycles. The molecule has 4 aromatic carbocycles. The predicted octanol–water partition coefficient (Wildman–Crippen LogP) is 13.5. The Balaban J connectivity index is 0.000000781. The number of hydrogen-bond acceptors (Lipinski definition) is 3. The normalized spacial score (nSPS) is 12.4. The molecule has 0 fully saturated rings. The fraction of sp³-hybridized carbons (Fsp3) is 0.415. The number of unbranched alkanes of at least 4 members (excludes halogenated alkanes) is 3. The molecule has 0 aromatic heterocycles. The van der Waals surface area contributed by atoms with Crippen LogP contribution in [-0.2, 0) is 31.2 Å². The molecule has 0 bridgehead atoms. The maximum absolute atomic E-state index is 14.0. The fourth-order valence-corrected chi connectivity index (χ4v) is 5.83. The number of alkyl halides is 12. The number of hydrogen-bond donors (Lipinski definition) is 0. The number of benzene rings is 4. The van der Waals surface area contributed by atoms with Gasteiger partial charge in [0.2, 0.25) is 0 Å². The first-order valence-electron chi connectivity index (χ1n) is 18.5. The van der Waals surface area contributed by atoms with Crippen LogP contribution in [0.5, 0.6) is 17.2 Å². The molecule has 0 aliphatic heterocycles. The Bertz CT molecular complexity index is 1710. The van der Waals surface area contributed by atoms with Crippen molar-refractivity contribution in [3.05, 3.63) is 125 Å². The third-order valence-electron chi connectivity index (χ3n) is 8.95. The van der Waals surface area contributed by atoms with Gasteiger partial charge in [-0.25, -0.2) is 0 Å². The molecular weight excluding hydrogens is 793 g/mol. The Hall–Kier alpha value is -4.54. The first kappa shape index (κ1) is 47.8. The van der Waals surface area contributed by atoms with Gasteiger partial charge in [0.25, 0.3) is 0 Å². The van der Waals surface area contributed by atoms with E-state index in [2.05, 4.69) is 6.07 Å². The van der Waals surface area contributed by atoms with Gasteiger partial charge in [-0.3, -0.25) is 0 Å². The van der Waals surface area contributed by atoms with Crippen LogP contribution in [0.4, 0.5) is 52.7 Å². The van der Waals surface area contributed by atoms with E-state index in [-0.39, 0.29) is 29.4 Å². The third-order valence-corrected chi connectivity index (χ3v) is 8.95. The van der Waals surface area contributed by atoms with Gasteiger partial charge in [-0.2, -0.15) is 83.0 Å². The molecule has 318 valence electrons. The van der Waals surface area contributed by atoms with Crippen LogP contribution in [0.25, 0.3) is 0 Å². The zero-order valence-corrected chi connectivity index (χ0v) is 32.0. The van der Waals surface area contributed by atoms with Crippen molar-refractivity contribution in [2.24, 2.45) is 0 Å². The second-order valence-electron chi connectivity index (χ2n) is 13.5. The zero-order chi connectivity index (χ0) is 43.2. The Morgan fingerprint density at radius 2 is 0.845 bits per heavy atom. The molecule has 0 heterocycles. The van der Waals surface area contributed by atoms with Crippen molar-refractivity contribution in [3.63, 3.8) is 0 Å². The van der Waals surface area contributed by atoms with Crippen LogP contribution in [0.15, 0.2) is 91.0 Å². The number of halogens is 12. The highest BCUT2D eigenvalue weighted by Crippen LogP contribution is 2.36. The van der Waals surface area contributed by atoms with Crippen molar-refractivity contribution in [2.45, 2.75) is 90.5 Å². The lowest BCUT2D eigenvalue weighted by molar-refractivity contribution is -0.941. The maximum Gasteiger partial charge on any atom is 0.864 e. The lowest BCUT2D eigenvalue weighted by atomic mass is 10.0. The average Bonchev–Trinajstić information content (AvgIpc) is 3.15. The summed E-state index contributed by atoms with van der Waals surface area (Å²) in [6.07, 6.45) is -13.0.